The van der Waals surface area contributed by atoms with Gasteiger partial charge in [-0.3, -0.25) is 9.59 Å². The summed E-state index contributed by atoms with van der Waals surface area (Å²) in [5, 5.41) is 2.74. The van der Waals surface area contributed by atoms with Gasteiger partial charge in [0.1, 0.15) is 0 Å². The highest BCUT2D eigenvalue weighted by atomic mass is 16.2. The maximum atomic E-state index is 12.4. The SMILES string of the molecule is O=C(NCC(=O)N1CCC(N2CCCCCC2)CC1)c1ccccc1. The first kappa shape index (κ1) is 17.9. The lowest BCUT2D eigenvalue weighted by atomic mass is 10.0. The predicted molar refractivity (Wildman–Crippen MR) is 98.4 cm³/mol. The second kappa shape index (κ2) is 8.99. The van der Waals surface area contributed by atoms with E-state index in [2.05, 4.69) is 10.2 Å². The number of carbonyl (C=O) groups excluding carboxylic acids is 2. The van der Waals surface area contributed by atoms with Crippen molar-refractivity contribution in [2.75, 3.05) is 32.7 Å². The highest BCUT2D eigenvalue weighted by Gasteiger charge is 2.27. The number of nitrogens with zero attached hydrogens (tertiary/aromatic N) is 2. The average molecular weight is 343 g/mol. The Balaban J connectivity index is 1.41. The third-order valence-electron chi connectivity index (χ3n) is 5.41. The van der Waals surface area contributed by atoms with Crippen molar-refractivity contribution in [3.63, 3.8) is 0 Å². The van der Waals surface area contributed by atoms with Crippen molar-refractivity contribution in [3.8, 4) is 0 Å². The Morgan fingerprint density at radius 1 is 0.920 bits per heavy atom. The molecular weight excluding hydrogens is 314 g/mol. The number of amides is 2. The summed E-state index contributed by atoms with van der Waals surface area (Å²) in [6, 6.07) is 9.66. The molecule has 0 aromatic heterocycles. The van der Waals surface area contributed by atoms with Crippen LogP contribution in [0, 0.1) is 0 Å². The van der Waals surface area contributed by atoms with Crippen LogP contribution in [0.15, 0.2) is 30.3 Å². The molecule has 2 heterocycles. The quantitative estimate of drug-likeness (QED) is 0.912. The molecule has 1 aromatic rings. The van der Waals surface area contributed by atoms with Gasteiger partial charge in [0.25, 0.3) is 5.91 Å². The molecule has 0 radical (unpaired) electrons. The molecule has 5 nitrogen and oxygen atoms in total. The topological polar surface area (TPSA) is 52.7 Å². The van der Waals surface area contributed by atoms with E-state index in [1.807, 2.05) is 23.1 Å². The molecular formula is C20H29N3O2. The van der Waals surface area contributed by atoms with E-state index < -0.39 is 0 Å². The molecule has 0 bridgehead atoms. The average Bonchev–Trinajstić information content (AvgIpc) is 2.96. The zero-order chi connectivity index (χ0) is 17.5. The monoisotopic (exact) mass is 343 g/mol. The Bertz CT molecular complexity index is 560. The number of likely N-dealkylation sites (tertiary alicyclic amines) is 2. The second-order valence-corrected chi connectivity index (χ2v) is 7.11. The van der Waals surface area contributed by atoms with Crippen LogP contribution in [0.3, 0.4) is 0 Å². The molecule has 1 aromatic carbocycles. The van der Waals surface area contributed by atoms with E-state index in [1.165, 1.54) is 38.8 Å². The Labute approximate surface area is 150 Å². The highest BCUT2D eigenvalue weighted by Crippen LogP contribution is 2.20. The van der Waals surface area contributed by atoms with E-state index in [-0.39, 0.29) is 18.4 Å². The molecule has 2 aliphatic rings. The van der Waals surface area contributed by atoms with E-state index in [1.54, 1.807) is 12.1 Å². The summed E-state index contributed by atoms with van der Waals surface area (Å²) in [4.78, 5) is 28.9. The Kier molecular flexibility index (Phi) is 6.45. The summed E-state index contributed by atoms with van der Waals surface area (Å²) in [7, 11) is 0. The molecule has 25 heavy (non-hydrogen) atoms. The number of benzene rings is 1. The van der Waals surface area contributed by atoms with Crippen molar-refractivity contribution in [1.29, 1.82) is 0 Å². The number of nitrogens with one attached hydrogen (secondary N) is 1. The normalized spacial score (nSPS) is 20.1. The molecule has 0 saturated carbocycles. The van der Waals surface area contributed by atoms with Crippen LogP contribution in [0.2, 0.25) is 0 Å². The van der Waals surface area contributed by atoms with Crippen LogP contribution in [0.25, 0.3) is 0 Å². The van der Waals surface area contributed by atoms with E-state index >= 15 is 0 Å². The smallest absolute Gasteiger partial charge is 0.251 e. The number of hydrogen-bond donors (Lipinski definition) is 1. The van der Waals surface area contributed by atoms with Crippen molar-refractivity contribution in [3.05, 3.63) is 35.9 Å². The minimum absolute atomic E-state index is 0.0265. The Morgan fingerprint density at radius 2 is 1.56 bits per heavy atom. The Hall–Kier alpha value is -1.88. The fourth-order valence-electron chi connectivity index (χ4n) is 3.90. The van der Waals surface area contributed by atoms with Gasteiger partial charge in [0.05, 0.1) is 6.54 Å². The van der Waals surface area contributed by atoms with Gasteiger partial charge in [0.2, 0.25) is 5.91 Å². The maximum absolute atomic E-state index is 12.4. The third-order valence-corrected chi connectivity index (χ3v) is 5.41. The molecule has 2 amide bonds. The molecule has 2 saturated heterocycles. The fraction of sp³-hybridized carbons (Fsp3) is 0.600. The zero-order valence-corrected chi connectivity index (χ0v) is 15.0. The summed E-state index contributed by atoms with van der Waals surface area (Å²) in [6.45, 7) is 4.13. The molecule has 5 heteroatoms. The number of hydrogen-bond acceptors (Lipinski definition) is 3. The van der Waals surface area contributed by atoms with E-state index in [0.29, 0.717) is 11.6 Å². The van der Waals surface area contributed by atoms with E-state index in [9.17, 15) is 9.59 Å². The van der Waals surface area contributed by atoms with Gasteiger partial charge in [-0.1, -0.05) is 31.0 Å². The number of carbonyl (C=O) groups is 2. The first-order valence-corrected chi connectivity index (χ1v) is 9.59. The van der Waals surface area contributed by atoms with Gasteiger partial charge in [-0.15, -0.1) is 0 Å². The molecule has 0 spiro atoms. The van der Waals surface area contributed by atoms with Crippen LogP contribution in [0.1, 0.15) is 48.9 Å². The zero-order valence-electron chi connectivity index (χ0n) is 15.0. The minimum Gasteiger partial charge on any atom is -0.343 e. The second-order valence-electron chi connectivity index (χ2n) is 7.11. The lowest BCUT2D eigenvalue weighted by Crippen LogP contribution is -2.49. The lowest BCUT2D eigenvalue weighted by Gasteiger charge is -2.38. The van der Waals surface area contributed by atoms with Crippen LogP contribution in [0.5, 0.6) is 0 Å². The minimum atomic E-state index is -0.187. The molecule has 0 atom stereocenters. The molecule has 2 fully saturated rings. The van der Waals surface area contributed by atoms with Crippen molar-refractivity contribution in [2.24, 2.45) is 0 Å². The lowest BCUT2D eigenvalue weighted by molar-refractivity contribution is -0.131. The van der Waals surface area contributed by atoms with Crippen LogP contribution in [0.4, 0.5) is 0 Å². The summed E-state index contributed by atoms with van der Waals surface area (Å²) in [6.07, 6.45) is 7.44. The maximum Gasteiger partial charge on any atom is 0.251 e. The summed E-state index contributed by atoms with van der Waals surface area (Å²) in [5.74, 6) is -0.160. The fourth-order valence-corrected chi connectivity index (χ4v) is 3.90. The highest BCUT2D eigenvalue weighted by molar-refractivity contribution is 5.96. The van der Waals surface area contributed by atoms with Crippen LogP contribution in [-0.2, 0) is 4.79 Å². The predicted octanol–water partition coefficient (Wildman–Crippen LogP) is 2.28. The van der Waals surface area contributed by atoms with Crippen molar-refractivity contribution in [1.82, 2.24) is 15.1 Å². The van der Waals surface area contributed by atoms with Gasteiger partial charge in [0, 0.05) is 24.7 Å². The van der Waals surface area contributed by atoms with Crippen molar-refractivity contribution < 1.29 is 9.59 Å². The van der Waals surface area contributed by atoms with Crippen molar-refractivity contribution in [2.45, 2.75) is 44.6 Å². The largest absolute Gasteiger partial charge is 0.343 e. The Morgan fingerprint density at radius 3 is 2.20 bits per heavy atom. The molecule has 3 rings (SSSR count). The molecule has 2 aliphatic heterocycles. The molecule has 1 N–H and O–H groups in total. The van der Waals surface area contributed by atoms with Gasteiger partial charge in [0.15, 0.2) is 0 Å². The van der Waals surface area contributed by atoms with E-state index in [4.69, 9.17) is 0 Å². The van der Waals surface area contributed by atoms with E-state index in [0.717, 1.165) is 25.9 Å². The summed E-state index contributed by atoms with van der Waals surface area (Å²) >= 11 is 0. The van der Waals surface area contributed by atoms with Gasteiger partial charge < -0.3 is 15.1 Å². The summed E-state index contributed by atoms with van der Waals surface area (Å²) < 4.78 is 0. The molecule has 136 valence electrons. The third kappa shape index (κ3) is 5.05. The standard InChI is InChI=1S/C20H29N3O2/c24-19(16-21-20(25)17-8-4-3-5-9-17)23-14-10-18(11-15-23)22-12-6-1-2-7-13-22/h3-5,8-9,18H,1-2,6-7,10-16H2,(H,21,25). The van der Waals surface area contributed by atoms with Gasteiger partial charge in [-0.05, 0) is 50.9 Å². The van der Waals surface area contributed by atoms with Crippen LogP contribution >= 0.6 is 0 Å². The number of piperidine rings is 1. The van der Waals surface area contributed by atoms with Gasteiger partial charge >= 0.3 is 0 Å². The van der Waals surface area contributed by atoms with Gasteiger partial charge in [-0.25, -0.2) is 0 Å². The molecule has 0 unspecified atom stereocenters. The summed E-state index contributed by atoms with van der Waals surface area (Å²) in [5.41, 5.74) is 0.593. The molecule has 0 aliphatic carbocycles. The first-order valence-electron chi connectivity index (χ1n) is 9.59. The first-order chi connectivity index (χ1) is 12.2. The van der Waals surface area contributed by atoms with Gasteiger partial charge in [-0.2, -0.15) is 0 Å². The van der Waals surface area contributed by atoms with Crippen LogP contribution in [-0.4, -0.2) is 60.4 Å². The van der Waals surface area contributed by atoms with Crippen molar-refractivity contribution >= 4 is 11.8 Å². The number of rotatable bonds is 4. The van der Waals surface area contributed by atoms with Crippen LogP contribution < -0.4 is 5.32 Å².